The minimum atomic E-state index is -0.128. The Balaban J connectivity index is 1.40. The van der Waals surface area contributed by atoms with Crippen LogP contribution in [0.5, 0.6) is 17.2 Å². The van der Waals surface area contributed by atoms with E-state index in [1.165, 1.54) is 5.56 Å². The molecule has 0 unspecified atom stereocenters. The number of ether oxygens (including phenoxy) is 2. The van der Waals surface area contributed by atoms with Crippen LogP contribution < -0.4 is 19.7 Å². The first-order valence-corrected chi connectivity index (χ1v) is 14.0. The average Bonchev–Trinajstić information content (AvgIpc) is 3.49. The third kappa shape index (κ3) is 5.05. The van der Waals surface area contributed by atoms with E-state index in [4.69, 9.17) is 26.7 Å². The monoisotopic (exact) mass is 560 g/mol. The van der Waals surface area contributed by atoms with E-state index >= 15 is 0 Å². The standard InChI is InChI=1S/C34H32N4O2S/c1-22-9-5-6-11-31(22)40-28-18-14-26(15-19-28)38-33(32(36-34(38)41)30-10-7-8-20-35-30)29-21-23(2)37(24(29)3)25-12-16-27(39-4)17-13-25/h5-21,32-33H,1-4H3,(H,36,41)/t32-,33+/m1/s1. The van der Waals surface area contributed by atoms with Crippen LogP contribution in [0.1, 0.15) is 40.3 Å². The number of nitrogens with one attached hydrogen (secondary N) is 1. The van der Waals surface area contributed by atoms with E-state index in [-0.39, 0.29) is 12.1 Å². The Morgan fingerprint density at radius 2 is 1.49 bits per heavy atom. The van der Waals surface area contributed by atoms with Crippen molar-refractivity contribution in [1.82, 2.24) is 14.9 Å². The first kappa shape index (κ1) is 26.6. The normalized spacial score (nSPS) is 16.5. The summed E-state index contributed by atoms with van der Waals surface area (Å²) in [6.45, 7) is 6.35. The molecule has 2 aromatic heterocycles. The Morgan fingerprint density at radius 3 is 2.17 bits per heavy atom. The van der Waals surface area contributed by atoms with Crippen LogP contribution in [0.2, 0.25) is 0 Å². The van der Waals surface area contributed by atoms with Crippen LogP contribution in [-0.4, -0.2) is 21.8 Å². The lowest BCUT2D eigenvalue weighted by atomic mass is 9.96. The summed E-state index contributed by atoms with van der Waals surface area (Å²) >= 11 is 5.97. The highest BCUT2D eigenvalue weighted by molar-refractivity contribution is 7.80. The topological polar surface area (TPSA) is 51.5 Å². The summed E-state index contributed by atoms with van der Waals surface area (Å²) in [5.41, 5.74) is 7.57. The molecular formula is C34H32N4O2S. The second-order valence-corrected chi connectivity index (χ2v) is 10.6. The van der Waals surface area contributed by atoms with E-state index < -0.39 is 0 Å². The van der Waals surface area contributed by atoms with E-state index in [1.54, 1.807) is 7.11 Å². The van der Waals surface area contributed by atoms with E-state index in [0.717, 1.165) is 51.3 Å². The number of thiocarbonyl (C=S) groups is 1. The maximum absolute atomic E-state index is 6.17. The molecule has 41 heavy (non-hydrogen) atoms. The molecule has 1 saturated heterocycles. The highest BCUT2D eigenvalue weighted by atomic mass is 32.1. The van der Waals surface area contributed by atoms with Gasteiger partial charge < -0.3 is 24.3 Å². The molecule has 3 aromatic carbocycles. The van der Waals surface area contributed by atoms with Crippen LogP contribution in [0.15, 0.2) is 103 Å². The molecule has 2 atom stereocenters. The number of para-hydroxylation sites is 1. The lowest BCUT2D eigenvalue weighted by Crippen LogP contribution is -2.29. The van der Waals surface area contributed by atoms with Crippen molar-refractivity contribution in [2.45, 2.75) is 32.9 Å². The predicted molar refractivity (Wildman–Crippen MR) is 167 cm³/mol. The van der Waals surface area contributed by atoms with E-state index in [0.29, 0.717) is 5.11 Å². The predicted octanol–water partition coefficient (Wildman–Crippen LogP) is 7.78. The number of aryl methyl sites for hydroxylation is 2. The molecule has 0 radical (unpaired) electrons. The van der Waals surface area contributed by atoms with Crippen molar-refractivity contribution < 1.29 is 9.47 Å². The summed E-state index contributed by atoms with van der Waals surface area (Å²) in [4.78, 5) is 6.92. The molecule has 3 heterocycles. The number of nitrogens with zero attached hydrogens (tertiary/aromatic N) is 3. The molecule has 0 amide bonds. The highest BCUT2D eigenvalue weighted by Crippen LogP contribution is 2.44. The Kier molecular flexibility index (Phi) is 7.20. The number of methoxy groups -OCH3 is 1. The van der Waals surface area contributed by atoms with Crippen LogP contribution in [0, 0.1) is 20.8 Å². The van der Waals surface area contributed by atoms with Gasteiger partial charge in [-0.1, -0.05) is 24.3 Å². The zero-order valence-electron chi connectivity index (χ0n) is 23.5. The Morgan fingerprint density at radius 1 is 0.805 bits per heavy atom. The van der Waals surface area contributed by atoms with Gasteiger partial charge in [0, 0.05) is 29.0 Å². The first-order chi connectivity index (χ1) is 19.9. The third-order valence-electron chi connectivity index (χ3n) is 7.65. The SMILES string of the molecule is COc1ccc(-n2c(C)cc([C@H]3[C@@H](c4ccccn4)NC(=S)N3c3ccc(Oc4ccccc4C)cc3)c2C)cc1. The Bertz CT molecular complexity index is 1680. The summed E-state index contributed by atoms with van der Waals surface area (Å²) in [5, 5.41) is 4.24. The average molecular weight is 561 g/mol. The number of hydrogen-bond acceptors (Lipinski definition) is 4. The van der Waals surface area contributed by atoms with Gasteiger partial charge in [0.1, 0.15) is 17.2 Å². The van der Waals surface area contributed by atoms with Gasteiger partial charge in [-0.05, 0) is 117 Å². The molecule has 6 nitrogen and oxygen atoms in total. The van der Waals surface area contributed by atoms with Crippen molar-refractivity contribution in [1.29, 1.82) is 0 Å². The molecular weight excluding hydrogens is 528 g/mol. The third-order valence-corrected chi connectivity index (χ3v) is 7.97. The van der Waals surface area contributed by atoms with Crippen LogP contribution in [0.3, 0.4) is 0 Å². The molecule has 1 aliphatic rings. The van der Waals surface area contributed by atoms with Gasteiger partial charge in [-0.2, -0.15) is 0 Å². The minimum Gasteiger partial charge on any atom is -0.497 e. The van der Waals surface area contributed by atoms with Crippen LogP contribution >= 0.6 is 12.2 Å². The maximum Gasteiger partial charge on any atom is 0.174 e. The smallest absolute Gasteiger partial charge is 0.174 e. The second kappa shape index (κ2) is 11.1. The lowest BCUT2D eigenvalue weighted by molar-refractivity contribution is 0.414. The highest BCUT2D eigenvalue weighted by Gasteiger charge is 2.42. The molecule has 7 heteroatoms. The molecule has 1 N–H and O–H groups in total. The fourth-order valence-electron chi connectivity index (χ4n) is 5.64. The molecule has 5 aromatic rings. The van der Waals surface area contributed by atoms with Crippen molar-refractivity contribution in [2.75, 3.05) is 12.0 Å². The zero-order valence-corrected chi connectivity index (χ0v) is 24.4. The van der Waals surface area contributed by atoms with Crippen LogP contribution in [-0.2, 0) is 0 Å². The summed E-state index contributed by atoms with van der Waals surface area (Å²) < 4.78 is 13.8. The van der Waals surface area contributed by atoms with E-state index in [1.807, 2.05) is 73.8 Å². The van der Waals surface area contributed by atoms with Gasteiger partial charge in [0.05, 0.1) is 24.9 Å². The second-order valence-electron chi connectivity index (χ2n) is 10.2. The molecule has 0 aliphatic carbocycles. The van der Waals surface area contributed by atoms with Gasteiger partial charge >= 0.3 is 0 Å². The summed E-state index contributed by atoms with van der Waals surface area (Å²) in [7, 11) is 1.68. The van der Waals surface area contributed by atoms with E-state index in [2.05, 4.69) is 65.0 Å². The number of hydrogen-bond donors (Lipinski definition) is 1. The number of anilines is 1. The molecule has 6 rings (SSSR count). The number of benzene rings is 3. The minimum absolute atomic E-state index is 0.112. The molecule has 0 saturated carbocycles. The van der Waals surface area contributed by atoms with Gasteiger partial charge in [0.25, 0.3) is 0 Å². The van der Waals surface area contributed by atoms with Gasteiger partial charge in [0.2, 0.25) is 0 Å². The Hall–Kier alpha value is -4.62. The van der Waals surface area contributed by atoms with Gasteiger partial charge in [-0.15, -0.1) is 0 Å². The van der Waals surface area contributed by atoms with Gasteiger partial charge in [-0.25, -0.2) is 0 Å². The molecule has 206 valence electrons. The van der Waals surface area contributed by atoms with Gasteiger partial charge in [-0.3, -0.25) is 4.98 Å². The number of pyridine rings is 1. The maximum atomic E-state index is 6.17. The van der Waals surface area contributed by atoms with E-state index in [9.17, 15) is 0 Å². The quantitative estimate of drug-likeness (QED) is 0.205. The number of rotatable bonds is 7. The van der Waals surface area contributed by atoms with Gasteiger partial charge in [0.15, 0.2) is 5.11 Å². The largest absolute Gasteiger partial charge is 0.497 e. The van der Waals surface area contributed by atoms with Crippen molar-refractivity contribution in [3.8, 4) is 22.9 Å². The fraction of sp³-hybridized carbons (Fsp3) is 0.176. The molecule has 1 aliphatic heterocycles. The molecule has 1 fully saturated rings. The fourth-order valence-corrected chi connectivity index (χ4v) is 5.98. The summed E-state index contributed by atoms with van der Waals surface area (Å²) in [6.07, 6.45) is 1.83. The van der Waals surface area contributed by atoms with Crippen molar-refractivity contribution >= 4 is 23.0 Å². The zero-order chi connectivity index (χ0) is 28.5. The lowest BCUT2D eigenvalue weighted by Gasteiger charge is -2.28. The molecule has 0 bridgehead atoms. The van der Waals surface area contributed by atoms with Crippen molar-refractivity contribution in [3.05, 3.63) is 131 Å². The first-order valence-electron chi connectivity index (χ1n) is 13.6. The van der Waals surface area contributed by atoms with Crippen molar-refractivity contribution in [3.63, 3.8) is 0 Å². The Labute approximate surface area is 246 Å². The summed E-state index contributed by atoms with van der Waals surface area (Å²) in [6, 6.07) is 32.3. The van der Waals surface area contributed by atoms with Crippen LogP contribution in [0.4, 0.5) is 5.69 Å². The van der Waals surface area contributed by atoms with Crippen molar-refractivity contribution in [2.24, 2.45) is 0 Å². The molecule has 0 spiro atoms. The van der Waals surface area contributed by atoms with Crippen LogP contribution in [0.25, 0.3) is 5.69 Å². The summed E-state index contributed by atoms with van der Waals surface area (Å²) in [5.74, 6) is 2.45. The number of aromatic nitrogens is 2.